The third kappa shape index (κ3) is 5.54. The molecule has 2 aromatic carbocycles. The van der Waals surface area contributed by atoms with E-state index in [1.807, 2.05) is 36.4 Å². The zero-order valence-corrected chi connectivity index (χ0v) is 19.1. The molecule has 1 heterocycles. The van der Waals surface area contributed by atoms with Gasteiger partial charge in [-0.1, -0.05) is 42.6 Å². The number of nitrogens with zero attached hydrogens (tertiary/aromatic N) is 1. The van der Waals surface area contributed by atoms with Crippen molar-refractivity contribution < 1.29 is 19.1 Å². The number of hydrogen-bond donors (Lipinski definition) is 1. The van der Waals surface area contributed by atoms with Crippen molar-refractivity contribution in [2.75, 3.05) is 6.79 Å². The fourth-order valence-corrected chi connectivity index (χ4v) is 4.51. The van der Waals surface area contributed by atoms with E-state index in [0.29, 0.717) is 30.2 Å². The van der Waals surface area contributed by atoms with Crippen LogP contribution in [0.15, 0.2) is 42.5 Å². The van der Waals surface area contributed by atoms with Crippen molar-refractivity contribution in [2.45, 2.75) is 64.1 Å². The fourth-order valence-electron chi connectivity index (χ4n) is 4.30. The molecule has 4 rings (SSSR count). The van der Waals surface area contributed by atoms with E-state index in [2.05, 4.69) is 5.32 Å². The SMILES string of the molecule is C[C@H](C(=O)NC1CCCC1)N(Cc1cccc(Cl)c1)C(=O)CCc1ccc2c(c1)OCO2. The number of hydrogen-bond acceptors (Lipinski definition) is 4. The molecule has 7 heteroatoms. The molecule has 1 aliphatic carbocycles. The first-order valence-corrected chi connectivity index (χ1v) is 11.6. The maximum atomic E-state index is 13.3. The molecule has 1 atom stereocenters. The predicted octanol–water partition coefficient (Wildman–Crippen LogP) is 4.48. The predicted molar refractivity (Wildman–Crippen MR) is 123 cm³/mol. The number of aryl methyl sites for hydroxylation is 1. The maximum absolute atomic E-state index is 13.3. The molecule has 2 aromatic rings. The first kappa shape index (κ1) is 22.5. The van der Waals surface area contributed by atoms with E-state index in [9.17, 15) is 9.59 Å². The molecule has 2 amide bonds. The van der Waals surface area contributed by atoms with Gasteiger partial charge < -0.3 is 19.7 Å². The van der Waals surface area contributed by atoms with E-state index >= 15 is 0 Å². The standard InChI is InChI=1S/C25H29ClN2O4/c1-17(25(30)27-21-7-2-3-8-21)28(15-19-5-4-6-20(26)13-19)24(29)12-10-18-9-11-22-23(14-18)32-16-31-22/h4-6,9,11,13-14,17,21H,2-3,7-8,10,12,15-16H2,1H3,(H,27,30)/t17-/m1/s1. The van der Waals surface area contributed by atoms with Crippen molar-refractivity contribution in [3.63, 3.8) is 0 Å². The normalized spacial score (nSPS) is 16.1. The first-order valence-electron chi connectivity index (χ1n) is 11.2. The van der Waals surface area contributed by atoms with Gasteiger partial charge in [-0.05, 0) is 61.6 Å². The van der Waals surface area contributed by atoms with Gasteiger partial charge in [0.25, 0.3) is 0 Å². The molecule has 0 radical (unpaired) electrons. The third-order valence-corrected chi connectivity index (χ3v) is 6.41. The van der Waals surface area contributed by atoms with Gasteiger partial charge in [0.2, 0.25) is 18.6 Å². The van der Waals surface area contributed by atoms with Gasteiger partial charge in [-0.3, -0.25) is 9.59 Å². The van der Waals surface area contributed by atoms with Gasteiger partial charge in [0, 0.05) is 24.0 Å². The first-order chi connectivity index (χ1) is 15.5. The third-order valence-electron chi connectivity index (χ3n) is 6.18. The second kappa shape index (κ2) is 10.3. The van der Waals surface area contributed by atoms with Crippen LogP contribution in [0.4, 0.5) is 0 Å². The number of benzene rings is 2. The monoisotopic (exact) mass is 456 g/mol. The Bertz CT molecular complexity index is 974. The lowest BCUT2D eigenvalue weighted by molar-refractivity contribution is -0.140. The average molecular weight is 457 g/mol. The number of fused-ring (bicyclic) bond motifs is 1. The summed E-state index contributed by atoms with van der Waals surface area (Å²) in [4.78, 5) is 27.9. The van der Waals surface area contributed by atoms with E-state index in [1.165, 1.54) is 0 Å². The van der Waals surface area contributed by atoms with E-state index in [-0.39, 0.29) is 24.6 Å². The van der Waals surface area contributed by atoms with E-state index in [4.69, 9.17) is 21.1 Å². The van der Waals surface area contributed by atoms with Crippen molar-refractivity contribution in [3.05, 3.63) is 58.6 Å². The summed E-state index contributed by atoms with van der Waals surface area (Å²) < 4.78 is 10.8. The molecule has 170 valence electrons. The van der Waals surface area contributed by atoms with Gasteiger partial charge in [-0.25, -0.2) is 0 Å². The molecular formula is C25H29ClN2O4. The zero-order chi connectivity index (χ0) is 22.5. The number of carbonyl (C=O) groups excluding carboxylic acids is 2. The number of nitrogens with one attached hydrogen (secondary N) is 1. The van der Waals surface area contributed by atoms with Crippen LogP contribution in [0, 0.1) is 0 Å². The number of ether oxygens (including phenoxy) is 2. The Labute approximate surface area is 193 Å². The minimum atomic E-state index is -0.571. The minimum Gasteiger partial charge on any atom is -0.454 e. The lowest BCUT2D eigenvalue weighted by Crippen LogP contribution is -2.49. The summed E-state index contributed by atoms with van der Waals surface area (Å²) in [6, 6.07) is 12.8. The molecule has 6 nitrogen and oxygen atoms in total. The van der Waals surface area contributed by atoms with Crippen molar-refractivity contribution in [3.8, 4) is 11.5 Å². The molecule has 2 aliphatic rings. The molecule has 32 heavy (non-hydrogen) atoms. The smallest absolute Gasteiger partial charge is 0.242 e. The fraction of sp³-hybridized carbons (Fsp3) is 0.440. The highest BCUT2D eigenvalue weighted by molar-refractivity contribution is 6.30. The molecule has 0 aromatic heterocycles. The highest BCUT2D eigenvalue weighted by atomic mass is 35.5. The Morgan fingerprint density at radius 2 is 1.88 bits per heavy atom. The van der Waals surface area contributed by atoms with Gasteiger partial charge in [-0.15, -0.1) is 0 Å². The van der Waals surface area contributed by atoms with Crippen molar-refractivity contribution in [2.24, 2.45) is 0 Å². The van der Waals surface area contributed by atoms with Crippen molar-refractivity contribution >= 4 is 23.4 Å². The van der Waals surface area contributed by atoms with Crippen LogP contribution >= 0.6 is 11.6 Å². The largest absolute Gasteiger partial charge is 0.454 e. The van der Waals surface area contributed by atoms with Crippen LogP contribution in [0.25, 0.3) is 0 Å². The molecule has 0 saturated heterocycles. The van der Waals surface area contributed by atoms with Crippen LogP contribution in [0.1, 0.15) is 50.2 Å². The van der Waals surface area contributed by atoms with Crippen LogP contribution in [0.2, 0.25) is 5.02 Å². The van der Waals surface area contributed by atoms with Gasteiger partial charge in [-0.2, -0.15) is 0 Å². The number of halogens is 1. The van der Waals surface area contributed by atoms with Gasteiger partial charge >= 0.3 is 0 Å². The highest BCUT2D eigenvalue weighted by Gasteiger charge is 2.28. The molecule has 0 spiro atoms. The Hall–Kier alpha value is -2.73. The molecule has 1 N–H and O–H groups in total. The Balaban J connectivity index is 1.45. The summed E-state index contributed by atoms with van der Waals surface area (Å²) in [6.07, 6.45) is 5.13. The molecule has 1 aliphatic heterocycles. The molecule has 1 fully saturated rings. The van der Waals surface area contributed by atoms with E-state index in [0.717, 1.165) is 42.6 Å². The van der Waals surface area contributed by atoms with Crippen LogP contribution < -0.4 is 14.8 Å². The van der Waals surface area contributed by atoms with Crippen LogP contribution in [0.5, 0.6) is 11.5 Å². The van der Waals surface area contributed by atoms with E-state index < -0.39 is 6.04 Å². The van der Waals surface area contributed by atoms with Gasteiger partial charge in [0.1, 0.15) is 6.04 Å². The van der Waals surface area contributed by atoms with Gasteiger partial charge in [0.15, 0.2) is 11.5 Å². The summed E-state index contributed by atoms with van der Waals surface area (Å²) >= 11 is 6.15. The van der Waals surface area contributed by atoms with Crippen molar-refractivity contribution in [1.82, 2.24) is 10.2 Å². The second-order valence-corrected chi connectivity index (χ2v) is 8.94. The quantitative estimate of drug-likeness (QED) is 0.636. The summed E-state index contributed by atoms with van der Waals surface area (Å²) in [6.45, 7) is 2.35. The average Bonchev–Trinajstić information content (AvgIpc) is 3.47. The Morgan fingerprint density at radius 1 is 1.09 bits per heavy atom. The molecule has 0 unspecified atom stereocenters. The van der Waals surface area contributed by atoms with Crippen LogP contribution in [0.3, 0.4) is 0 Å². The summed E-state index contributed by atoms with van der Waals surface area (Å²) in [5.41, 5.74) is 1.89. The second-order valence-electron chi connectivity index (χ2n) is 8.51. The lowest BCUT2D eigenvalue weighted by Gasteiger charge is -2.30. The van der Waals surface area contributed by atoms with Crippen molar-refractivity contribution in [1.29, 1.82) is 0 Å². The number of rotatable bonds is 8. The summed E-state index contributed by atoms with van der Waals surface area (Å²) in [7, 11) is 0. The highest BCUT2D eigenvalue weighted by Crippen LogP contribution is 2.33. The Morgan fingerprint density at radius 3 is 2.66 bits per heavy atom. The molecular weight excluding hydrogens is 428 g/mol. The minimum absolute atomic E-state index is 0.0725. The lowest BCUT2D eigenvalue weighted by atomic mass is 10.1. The summed E-state index contributed by atoms with van der Waals surface area (Å²) in [5.74, 6) is 1.25. The number of carbonyl (C=O) groups is 2. The maximum Gasteiger partial charge on any atom is 0.242 e. The Kier molecular flexibility index (Phi) is 7.20. The van der Waals surface area contributed by atoms with E-state index in [1.54, 1.807) is 17.9 Å². The topological polar surface area (TPSA) is 67.9 Å². The van der Waals surface area contributed by atoms with Crippen LogP contribution in [-0.2, 0) is 22.6 Å². The number of amides is 2. The summed E-state index contributed by atoms with van der Waals surface area (Å²) in [5, 5.41) is 3.73. The van der Waals surface area contributed by atoms with Crippen LogP contribution in [-0.4, -0.2) is 35.6 Å². The van der Waals surface area contributed by atoms with Gasteiger partial charge in [0.05, 0.1) is 0 Å². The zero-order valence-electron chi connectivity index (χ0n) is 18.3. The molecule has 0 bridgehead atoms. The molecule has 1 saturated carbocycles.